The lowest BCUT2D eigenvalue weighted by Gasteiger charge is -2.57. The highest BCUT2D eigenvalue weighted by atomic mass is 16.3. The first-order chi connectivity index (χ1) is 11.7. The molecule has 1 atom stereocenters. The predicted molar refractivity (Wildman–Crippen MR) is 96.8 cm³/mol. The van der Waals surface area contributed by atoms with Crippen LogP contribution < -0.4 is 0 Å². The first kappa shape index (κ1) is 14.9. The average Bonchev–Trinajstić information content (AvgIpc) is 2.59. The van der Waals surface area contributed by atoms with Gasteiger partial charge in [0, 0.05) is 5.39 Å². The van der Waals surface area contributed by atoms with E-state index in [9.17, 15) is 5.11 Å². The smallest absolute Gasteiger partial charge is 0.0957 e. The zero-order valence-electron chi connectivity index (χ0n) is 14.5. The zero-order valence-corrected chi connectivity index (χ0v) is 14.5. The van der Waals surface area contributed by atoms with Gasteiger partial charge in [0.05, 0.1) is 17.3 Å². The van der Waals surface area contributed by atoms with Crippen molar-refractivity contribution >= 4 is 10.9 Å². The second kappa shape index (κ2) is 5.29. The van der Waals surface area contributed by atoms with E-state index in [4.69, 9.17) is 4.98 Å². The summed E-state index contributed by atoms with van der Waals surface area (Å²) in [5.74, 6) is 2.80. The molecule has 0 spiro atoms. The summed E-state index contributed by atoms with van der Waals surface area (Å²) in [6, 6.07) is 10.8. The van der Waals surface area contributed by atoms with Crippen LogP contribution in [-0.4, -0.2) is 10.1 Å². The fourth-order valence-corrected chi connectivity index (χ4v) is 6.46. The summed E-state index contributed by atoms with van der Waals surface area (Å²) in [5, 5.41) is 11.8. The first-order valence-corrected chi connectivity index (χ1v) is 9.75. The molecule has 1 heterocycles. The van der Waals surface area contributed by atoms with E-state index in [1.165, 1.54) is 49.5 Å². The average molecular weight is 321 g/mol. The fourth-order valence-electron chi connectivity index (χ4n) is 6.46. The van der Waals surface area contributed by atoms with Gasteiger partial charge in [-0.3, -0.25) is 4.98 Å². The third-order valence-corrected chi connectivity index (χ3v) is 7.07. The van der Waals surface area contributed by atoms with E-state index >= 15 is 0 Å². The highest BCUT2D eigenvalue weighted by molar-refractivity contribution is 5.83. The Morgan fingerprint density at radius 1 is 1.08 bits per heavy atom. The molecule has 0 radical (unpaired) electrons. The van der Waals surface area contributed by atoms with Crippen LogP contribution in [0.4, 0.5) is 0 Å². The number of hydrogen-bond donors (Lipinski definition) is 1. The van der Waals surface area contributed by atoms with Crippen molar-refractivity contribution in [1.29, 1.82) is 0 Å². The number of benzene rings is 1. The third kappa shape index (κ3) is 2.15. The van der Waals surface area contributed by atoms with Gasteiger partial charge in [-0.1, -0.05) is 25.1 Å². The van der Waals surface area contributed by atoms with Gasteiger partial charge in [-0.05, 0) is 85.8 Å². The van der Waals surface area contributed by atoms with Crippen LogP contribution in [-0.2, 0) is 5.41 Å². The molecule has 1 N–H and O–H groups in total. The van der Waals surface area contributed by atoms with E-state index in [1.54, 1.807) is 0 Å². The molecule has 2 nitrogen and oxygen atoms in total. The van der Waals surface area contributed by atoms with E-state index in [-0.39, 0.29) is 0 Å². The summed E-state index contributed by atoms with van der Waals surface area (Å²) in [7, 11) is 0. The minimum atomic E-state index is -0.442. The third-order valence-electron chi connectivity index (χ3n) is 7.07. The van der Waals surface area contributed by atoms with Gasteiger partial charge in [0.15, 0.2) is 0 Å². The van der Waals surface area contributed by atoms with Crippen molar-refractivity contribution in [2.45, 2.75) is 63.4 Å². The lowest BCUT2D eigenvalue weighted by atomic mass is 9.48. The molecule has 0 saturated heterocycles. The van der Waals surface area contributed by atoms with Crippen molar-refractivity contribution in [2.24, 2.45) is 17.8 Å². The van der Waals surface area contributed by atoms with Crippen molar-refractivity contribution in [3.8, 4) is 0 Å². The number of para-hydroxylation sites is 1. The van der Waals surface area contributed by atoms with Crippen LogP contribution in [0.1, 0.15) is 69.2 Å². The number of hydrogen-bond acceptors (Lipinski definition) is 2. The Labute approximate surface area is 144 Å². The molecule has 6 rings (SSSR count). The van der Waals surface area contributed by atoms with Crippen LogP contribution in [0, 0.1) is 17.8 Å². The van der Waals surface area contributed by atoms with Crippen LogP contribution in [0.25, 0.3) is 10.9 Å². The summed E-state index contributed by atoms with van der Waals surface area (Å²) in [6.07, 6.45) is 8.75. The van der Waals surface area contributed by atoms with E-state index in [0.29, 0.717) is 5.41 Å². The Kier molecular flexibility index (Phi) is 3.28. The molecule has 4 fully saturated rings. The predicted octanol–water partition coefficient (Wildman–Crippen LogP) is 5.15. The van der Waals surface area contributed by atoms with Crippen LogP contribution >= 0.6 is 0 Å². The topological polar surface area (TPSA) is 33.1 Å². The van der Waals surface area contributed by atoms with Gasteiger partial charge in [0.25, 0.3) is 0 Å². The molecule has 2 aromatic rings. The Morgan fingerprint density at radius 3 is 2.33 bits per heavy atom. The minimum absolute atomic E-state index is 0.347. The van der Waals surface area contributed by atoms with Gasteiger partial charge < -0.3 is 5.11 Å². The maximum Gasteiger partial charge on any atom is 0.0957 e. The van der Waals surface area contributed by atoms with Crippen LogP contribution in [0.5, 0.6) is 0 Å². The molecule has 4 bridgehead atoms. The van der Waals surface area contributed by atoms with Crippen LogP contribution in [0.3, 0.4) is 0 Å². The minimum Gasteiger partial charge on any atom is -0.387 e. The summed E-state index contributed by atoms with van der Waals surface area (Å²) in [4.78, 5) is 4.78. The molecule has 0 aliphatic heterocycles. The molecule has 4 saturated carbocycles. The van der Waals surface area contributed by atoms with Crippen LogP contribution in [0.2, 0.25) is 0 Å². The number of aliphatic hydroxyl groups is 1. The molecule has 1 aromatic heterocycles. The van der Waals surface area contributed by atoms with Gasteiger partial charge in [-0.25, -0.2) is 0 Å². The van der Waals surface area contributed by atoms with Crippen molar-refractivity contribution in [3.05, 3.63) is 41.6 Å². The molecule has 1 aromatic carbocycles. The largest absolute Gasteiger partial charge is 0.387 e. The lowest BCUT2D eigenvalue weighted by molar-refractivity contribution is -0.00463. The maximum absolute atomic E-state index is 10.4. The second-order valence-electron chi connectivity index (χ2n) is 8.73. The zero-order chi connectivity index (χ0) is 16.3. The van der Waals surface area contributed by atoms with Crippen molar-refractivity contribution in [1.82, 2.24) is 4.98 Å². The Hall–Kier alpha value is -1.41. The quantitative estimate of drug-likeness (QED) is 0.848. The standard InChI is InChI=1S/C22H27NO/c1-2-21(24)20-10-18(17-5-3-4-6-19(17)23-20)22-11-14-7-15(12-22)9-16(8-14)13-22/h3-6,10,14-16,21,24H,2,7-9,11-13H2,1H3. The van der Waals surface area contributed by atoms with Gasteiger partial charge in [-0.15, -0.1) is 0 Å². The van der Waals surface area contributed by atoms with Gasteiger partial charge in [0.2, 0.25) is 0 Å². The van der Waals surface area contributed by atoms with E-state index < -0.39 is 6.10 Å². The Morgan fingerprint density at radius 2 is 1.71 bits per heavy atom. The summed E-state index contributed by atoms with van der Waals surface area (Å²) < 4.78 is 0. The van der Waals surface area contributed by atoms with Gasteiger partial charge >= 0.3 is 0 Å². The van der Waals surface area contributed by atoms with E-state index in [1.807, 2.05) is 6.92 Å². The van der Waals surface area contributed by atoms with E-state index in [2.05, 4.69) is 30.3 Å². The summed E-state index contributed by atoms with van der Waals surface area (Å²) in [5.41, 5.74) is 3.78. The Bertz CT molecular complexity index is 745. The van der Waals surface area contributed by atoms with Crippen LogP contribution in [0.15, 0.2) is 30.3 Å². The highest BCUT2D eigenvalue weighted by Gasteiger charge is 2.52. The first-order valence-electron chi connectivity index (χ1n) is 9.75. The normalized spacial score (nSPS) is 35.5. The summed E-state index contributed by atoms with van der Waals surface area (Å²) >= 11 is 0. The molecule has 24 heavy (non-hydrogen) atoms. The summed E-state index contributed by atoms with van der Waals surface area (Å²) in [6.45, 7) is 2.03. The van der Waals surface area contributed by atoms with Crippen molar-refractivity contribution < 1.29 is 5.11 Å². The molecule has 2 heteroatoms. The van der Waals surface area contributed by atoms with Gasteiger partial charge in [0.1, 0.15) is 0 Å². The molecule has 4 aliphatic carbocycles. The Balaban J connectivity index is 1.71. The molecule has 4 aliphatic rings. The number of aromatic nitrogens is 1. The van der Waals surface area contributed by atoms with Crippen molar-refractivity contribution in [3.63, 3.8) is 0 Å². The van der Waals surface area contributed by atoms with E-state index in [0.717, 1.165) is 35.4 Å². The molecule has 0 amide bonds. The maximum atomic E-state index is 10.4. The lowest BCUT2D eigenvalue weighted by Crippen LogP contribution is -2.48. The molecule has 126 valence electrons. The van der Waals surface area contributed by atoms with Crippen molar-refractivity contribution in [2.75, 3.05) is 0 Å². The number of fused-ring (bicyclic) bond motifs is 1. The highest BCUT2D eigenvalue weighted by Crippen LogP contribution is 2.61. The number of pyridine rings is 1. The van der Waals surface area contributed by atoms with Gasteiger partial charge in [-0.2, -0.15) is 0 Å². The monoisotopic (exact) mass is 321 g/mol. The second-order valence-corrected chi connectivity index (χ2v) is 8.73. The SMILES string of the molecule is CCC(O)c1cc(C23CC4CC(CC(C4)C2)C3)c2ccccc2n1. The number of nitrogens with zero attached hydrogens (tertiary/aromatic N) is 1. The number of rotatable bonds is 3. The molecule has 1 unspecified atom stereocenters. The molecular formula is C22H27NO. The fraction of sp³-hybridized carbons (Fsp3) is 0.591. The number of aliphatic hydroxyl groups excluding tert-OH is 1. The molecular weight excluding hydrogens is 294 g/mol.